The quantitative estimate of drug-likeness (QED) is 0.319. The van der Waals surface area contributed by atoms with Crippen LogP contribution in [-0.4, -0.2) is 44.9 Å². The molecule has 0 aliphatic heterocycles. The van der Waals surface area contributed by atoms with E-state index in [1.54, 1.807) is 26.4 Å². The molecule has 1 unspecified atom stereocenters. The minimum absolute atomic E-state index is 0.148. The molecule has 0 aromatic carbocycles. The van der Waals surface area contributed by atoms with Crippen LogP contribution in [0.25, 0.3) is 16.9 Å². The van der Waals surface area contributed by atoms with Crippen LogP contribution in [0.1, 0.15) is 16.8 Å². The van der Waals surface area contributed by atoms with E-state index in [0.717, 1.165) is 26.3 Å². The van der Waals surface area contributed by atoms with Crippen molar-refractivity contribution in [3.05, 3.63) is 69.7 Å². The summed E-state index contributed by atoms with van der Waals surface area (Å²) < 4.78 is 8.33. The molecule has 0 radical (unpaired) electrons. The van der Waals surface area contributed by atoms with Crippen molar-refractivity contribution in [3.63, 3.8) is 0 Å². The van der Waals surface area contributed by atoms with Crippen LogP contribution in [0.4, 0.5) is 5.95 Å². The third-order valence-electron chi connectivity index (χ3n) is 4.76. The summed E-state index contributed by atoms with van der Waals surface area (Å²) in [6.07, 6.45) is 6.79. The van der Waals surface area contributed by atoms with Gasteiger partial charge in [0.25, 0.3) is 0 Å². The molecule has 1 atom stereocenters. The largest absolute Gasteiger partial charge is 0.375 e. The number of hydrogen-bond donors (Lipinski definition) is 3. The number of fused-ring (bicyclic) bond motifs is 1. The molecule has 0 aliphatic carbocycles. The van der Waals surface area contributed by atoms with Gasteiger partial charge < -0.3 is 20.8 Å². The summed E-state index contributed by atoms with van der Waals surface area (Å²) in [5, 5.41) is 21.9. The van der Waals surface area contributed by atoms with Crippen LogP contribution < -0.4 is 10.6 Å². The molecule has 9 nitrogen and oxygen atoms in total. The Labute approximate surface area is 193 Å². The van der Waals surface area contributed by atoms with Crippen molar-refractivity contribution in [2.45, 2.75) is 12.5 Å². The number of thiophene rings is 1. The van der Waals surface area contributed by atoms with Crippen LogP contribution in [0, 0.1) is 5.41 Å². The lowest BCUT2D eigenvalue weighted by Gasteiger charge is -2.12. The van der Waals surface area contributed by atoms with Gasteiger partial charge in [-0.15, -0.1) is 21.5 Å². The molecule has 4 heterocycles. The van der Waals surface area contributed by atoms with Crippen LogP contribution in [0.15, 0.2) is 54.6 Å². The minimum Gasteiger partial charge on any atom is -0.375 e. The lowest BCUT2D eigenvalue weighted by Crippen LogP contribution is -2.16. The fraction of sp³-hybridized carbons (Fsp3) is 0.190. The first kappa shape index (κ1) is 21.9. The van der Waals surface area contributed by atoms with E-state index >= 15 is 0 Å². The number of nitrogens with one attached hydrogen (secondary N) is 3. The average molecular weight is 469 g/mol. The molecular weight excluding hydrogens is 448 g/mol. The van der Waals surface area contributed by atoms with Crippen molar-refractivity contribution >= 4 is 40.7 Å². The summed E-state index contributed by atoms with van der Waals surface area (Å²) in [5.74, 6) is 1.84. The van der Waals surface area contributed by atoms with E-state index in [1.807, 2.05) is 40.9 Å². The lowest BCUT2D eigenvalue weighted by atomic mass is 10.2. The normalized spacial score (nSPS) is 12.7. The number of aromatic nitrogens is 5. The topological polar surface area (TPSA) is 113 Å². The molecule has 4 rings (SSSR count). The van der Waals surface area contributed by atoms with Crippen molar-refractivity contribution < 1.29 is 4.74 Å². The Kier molecular flexibility index (Phi) is 6.74. The zero-order valence-electron chi connectivity index (χ0n) is 17.4. The highest BCUT2D eigenvalue weighted by molar-refractivity contribution is 7.16. The molecule has 0 bridgehead atoms. The van der Waals surface area contributed by atoms with Crippen molar-refractivity contribution in [3.8, 4) is 11.3 Å². The van der Waals surface area contributed by atoms with E-state index in [4.69, 9.17) is 21.7 Å². The summed E-state index contributed by atoms with van der Waals surface area (Å²) in [6.45, 7) is 0. The van der Waals surface area contributed by atoms with Gasteiger partial charge in [-0.25, -0.2) is 9.97 Å². The van der Waals surface area contributed by atoms with Gasteiger partial charge in [-0.1, -0.05) is 11.6 Å². The Morgan fingerprint density at radius 2 is 2.19 bits per heavy atom. The zero-order chi connectivity index (χ0) is 22.5. The third kappa shape index (κ3) is 4.77. The van der Waals surface area contributed by atoms with Gasteiger partial charge in [-0.05, 0) is 36.4 Å². The van der Waals surface area contributed by atoms with Gasteiger partial charge in [-0.2, -0.15) is 0 Å². The monoisotopic (exact) mass is 468 g/mol. The summed E-state index contributed by atoms with van der Waals surface area (Å²) in [6, 6.07) is 9.56. The Balaban J connectivity index is 1.58. The predicted octanol–water partition coefficient (Wildman–Crippen LogP) is 3.95. The second kappa shape index (κ2) is 9.86. The van der Waals surface area contributed by atoms with E-state index in [0.29, 0.717) is 23.8 Å². The Hall–Kier alpha value is -3.34. The SMILES string of the molecule is CN/C(=C\C=N)Nc1nccc(-c2ccn3c(CC(OC)c4ccc(Cl)s4)nnc3c2)n1. The van der Waals surface area contributed by atoms with E-state index in [-0.39, 0.29) is 6.10 Å². The molecule has 0 spiro atoms. The fourth-order valence-electron chi connectivity index (χ4n) is 3.18. The molecule has 0 amide bonds. The number of nitrogens with zero attached hydrogens (tertiary/aromatic N) is 5. The van der Waals surface area contributed by atoms with Crippen molar-refractivity contribution in [1.82, 2.24) is 29.9 Å². The molecule has 164 valence electrons. The highest BCUT2D eigenvalue weighted by Gasteiger charge is 2.18. The van der Waals surface area contributed by atoms with Gasteiger partial charge in [0.05, 0.1) is 16.1 Å². The lowest BCUT2D eigenvalue weighted by molar-refractivity contribution is 0.104. The molecule has 0 aliphatic rings. The number of pyridine rings is 1. The molecule has 32 heavy (non-hydrogen) atoms. The number of hydrogen-bond acceptors (Lipinski definition) is 9. The molecule has 0 fully saturated rings. The molecule has 0 saturated heterocycles. The zero-order valence-corrected chi connectivity index (χ0v) is 19.0. The van der Waals surface area contributed by atoms with Crippen molar-refractivity contribution in [2.75, 3.05) is 19.5 Å². The fourth-order valence-corrected chi connectivity index (χ4v) is 4.32. The molecule has 0 saturated carbocycles. The number of anilines is 1. The average Bonchev–Trinajstić information content (AvgIpc) is 3.42. The van der Waals surface area contributed by atoms with Crippen LogP contribution in [-0.2, 0) is 11.2 Å². The van der Waals surface area contributed by atoms with Crippen LogP contribution in [0.2, 0.25) is 4.34 Å². The molecular formula is C21H21ClN8OS. The number of allylic oxidation sites excluding steroid dienone is 1. The smallest absolute Gasteiger partial charge is 0.228 e. The molecule has 4 aromatic rings. The number of halogens is 1. The molecule has 3 N–H and O–H groups in total. The van der Waals surface area contributed by atoms with Crippen LogP contribution in [0.3, 0.4) is 0 Å². The van der Waals surface area contributed by atoms with Gasteiger partial charge in [0, 0.05) is 49.6 Å². The predicted molar refractivity (Wildman–Crippen MR) is 126 cm³/mol. The van der Waals surface area contributed by atoms with E-state index in [1.165, 1.54) is 17.6 Å². The van der Waals surface area contributed by atoms with Gasteiger partial charge in [-0.3, -0.25) is 4.40 Å². The number of ether oxygens (including phenoxy) is 1. The van der Waals surface area contributed by atoms with Crippen molar-refractivity contribution in [1.29, 1.82) is 5.41 Å². The summed E-state index contributed by atoms with van der Waals surface area (Å²) in [7, 11) is 3.43. The minimum atomic E-state index is -0.148. The first-order chi connectivity index (χ1) is 15.6. The highest BCUT2D eigenvalue weighted by atomic mass is 35.5. The van der Waals surface area contributed by atoms with Gasteiger partial charge in [0.2, 0.25) is 5.95 Å². The Bertz CT molecular complexity index is 1270. The molecule has 4 aromatic heterocycles. The second-order valence-electron chi connectivity index (χ2n) is 6.72. The summed E-state index contributed by atoms with van der Waals surface area (Å²) in [4.78, 5) is 9.85. The highest BCUT2D eigenvalue weighted by Crippen LogP contribution is 2.31. The summed E-state index contributed by atoms with van der Waals surface area (Å²) >= 11 is 7.57. The second-order valence-corrected chi connectivity index (χ2v) is 8.46. The third-order valence-corrected chi connectivity index (χ3v) is 6.08. The first-order valence-electron chi connectivity index (χ1n) is 9.72. The maximum absolute atomic E-state index is 7.21. The van der Waals surface area contributed by atoms with E-state index in [9.17, 15) is 0 Å². The van der Waals surface area contributed by atoms with Gasteiger partial charge in [0.15, 0.2) is 5.65 Å². The standard InChI is InChI=1S/C21H21ClN8OS/c1-24-18(5-8-23)27-21-25-9-6-14(26-21)13-7-10-30-19(11-13)28-29-20(30)12-15(31-2)16-3-4-17(22)32-16/h3-11,15,23-24H,12H2,1-2H3,(H,25,26,27)/b18-5+,23-8?. The molecule has 11 heteroatoms. The van der Waals surface area contributed by atoms with Crippen LogP contribution >= 0.6 is 22.9 Å². The van der Waals surface area contributed by atoms with Gasteiger partial charge >= 0.3 is 0 Å². The Morgan fingerprint density at radius 3 is 2.91 bits per heavy atom. The van der Waals surface area contributed by atoms with E-state index in [2.05, 4.69) is 30.8 Å². The summed E-state index contributed by atoms with van der Waals surface area (Å²) in [5.41, 5.74) is 2.34. The van der Waals surface area contributed by atoms with E-state index < -0.39 is 0 Å². The Morgan fingerprint density at radius 1 is 1.31 bits per heavy atom. The number of rotatable bonds is 9. The maximum atomic E-state index is 7.21. The number of methoxy groups -OCH3 is 1. The first-order valence-corrected chi connectivity index (χ1v) is 10.9. The van der Waals surface area contributed by atoms with Gasteiger partial charge in [0.1, 0.15) is 11.6 Å². The maximum Gasteiger partial charge on any atom is 0.228 e. The van der Waals surface area contributed by atoms with Crippen LogP contribution in [0.5, 0.6) is 0 Å². The van der Waals surface area contributed by atoms with Crippen molar-refractivity contribution in [2.24, 2.45) is 0 Å².